The maximum atomic E-state index is 5.20. The number of rotatable bonds is 3. The van der Waals surface area contributed by atoms with Gasteiger partial charge < -0.3 is 9.64 Å². The summed E-state index contributed by atoms with van der Waals surface area (Å²) in [7, 11) is 1.68. The van der Waals surface area contributed by atoms with Gasteiger partial charge in [-0.25, -0.2) is 0 Å². The molecular weight excluding hydrogens is 310 g/mol. The van der Waals surface area contributed by atoms with Gasteiger partial charge in [-0.15, -0.1) is 12.4 Å². The molecule has 2 unspecified atom stereocenters. The molecular formula is C18H22ClN3O. The summed E-state index contributed by atoms with van der Waals surface area (Å²) in [5.41, 5.74) is 3.43. The highest BCUT2D eigenvalue weighted by Crippen LogP contribution is 2.41. The molecule has 0 spiro atoms. The van der Waals surface area contributed by atoms with Crippen molar-refractivity contribution in [1.82, 2.24) is 15.1 Å². The first kappa shape index (κ1) is 16.2. The van der Waals surface area contributed by atoms with Crippen LogP contribution in [0.4, 0.5) is 0 Å². The van der Waals surface area contributed by atoms with E-state index in [0.717, 1.165) is 23.6 Å². The first-order valence-corrected chi connectivity index (χ1v) is 8.00. The van der Waals surface area contributed by atoms with Crippen LogP contribution in [-0.4, -0.2) is 41.8 Å². The molecule has 0 aliphatic carbocycles. The Morgan fingerprint density at radius 2 is 1.83 bits per heavy atom. The summed E-state index contributed by atoms with van der Waals surface area (Å²) in [4.78, 5) is 2.56. The van der Waals surface area contributed by atoms with Crippen molar-refractivity contribution in [3.8, 4) is 17.0 Å². The Morgan fingerprint density at radius 3 is 2.52 bits per heavy atom. The van der Waals surface area contributed by atoms with Crippen LogP contribution < -0.4 is 4.74 Å². The maximum Gasteiger partial charge on any atom is 0.118 e. The molecule has 2 aliphatic heterocycles. The molecule has 2 bridgehead atoms. The first-order chi connectivity index (χ1) is 10.8. The van der Waals surface area contributed by atoms with E-state index in [-0.39, 0.29) is 17.8 Å². The molecule has 0 amide bonds. The highest BCUT2D eigenvalue weighted by molar-refractivity contribution is 5.85. The van der Waals surface area contributed by atoms with Gasteiger partial charge in [-0.3, -0.25) is 0 Å². The Kier molecular flexibility index (Phi) is 4.55. The van der Waals surface area contributed by atoms with E-state index in [9.17, 15) is 0 Å². The minimum Gasteiger partial charge on any atom is -0.497 e. The van der Waals surface area contributed by atoms with Crippen LogP contribution in [0.5, 0.6) is 5.75 Å². The van der Waals surface area contributed by atoms with Gasteiger partial charge in [0, 0.05) is 17.5 Å². The third-order valence-electron chi connectivity index (χ3n) is 5.16. The number of fused-ring (bicyclic) bond motifs is 2. The topological polar surface area (TPSA) is 38.2 Å². The number of hydrogen-bond donors (Lipinski definition) is 0. The van der Waals surface area contributed by atoms with E-state index in [0.29, 0.717) is 0 Å². The second kappa shape index (κ2) is 6.46. The Balaban J connectivity index is 0.00000156. The predicted octanol–water partition coefficient (Wildman–Crippen LogP) is 3.31. The number of piperidine rings is 1. The molecule has 3 heterocycles. The Labute approximate surface area is 143 Å². The predicted molar refractivity (Wildman–Crippen MR) is 93.2 cm³/mol. The van der Waals surface area contributed by atoms with Gasteiger partial charge in [0.15, 0.2) is 0 Å². The van der Waals surface area contributed by atoms with Gasteiger partial charge in [-0.2, -0.15) is 10.2 Å². The van der Waals surface area contributed by atoms with Crippen molar-refractivity contribution in [2.75, 3.05) is 26.7 Å². The normalized spacial score (nSPS) is 25.7. The van der Waals surface area contributed by atoms with Crippen LogP contribution in [0.3, 0.4) is 0 Å². The average Bonchev–Trinajstić information content (AvgIpc) is 2.90. The molecule has 23 heavy (non-hydrogen) atoms. The molecule has 1 aromatic heterocycles. The Morgan fingerprint density at radius 1 is 1.00 bits per heavy atom. The third kappa shape index (κ3) is 2.93. The monoisotopic (exact) mass is 331 g/mol. The van der Waals surface area contributed by atoms with Crippen molar-refractivity contribution >= 4 is 12.4 Å². The van der Waals surface area contributed by atoms with Crippen LogP contribution in [0, 0.1) is 0 Å². The minimum atomic E-state index is 0. The lowest BCUT2D eigenvalue weighted by molar-refractivity contribution is 0.239. The number of methoxy groups -OCH3 is 1. The van der Waals surface area contributed by atoms with Gasteiger partial charge in [0.1, 0.15) is 5.75 Å². The summed E-state index contributed by atoms with van der Waals surface area (Å²) in [5.74, 6) is 0.862. The standard InChI is InChI=1S/C18H21N3O.ClH/c1-22-15-5-3-14(4-6-15)16-7-8-17(20-19-16)18-9-2-11-21(13-18)12-10-18;/h3-8H,2,9-13H2,1H3;1H. The molecule has 0 saturated carbocycles. The number of halogens is 1. The molecule has 2 aliphatic rings. The summed E-state index contributed by atoms with van der Waals surface area (Å²) in [5, 5.41) is 9.06. The smallest absolute Gasteiger partial charge is 0.118 e. The van der Waals surface area contributed by atoms with Crippen molar-refractivity contribution in [1.29, 1.82) is 0 Å². The molecule has 2 aromatic rings. The van der Waals surface area contributed by atoms with Gasteiger partial charge >= 0.3 is 0 Å². The lowest BCUT2D eigenvalue weighted by Gasteiger charge is -2.33. The fourth-order valence-corrected chi connectivity index (χ4v) is 3.86. The van der Waals surface area contributed by atoms with Crippen LogP contribution in [0.25, 0.3) is 11.3 Å². The van der Waals surface area contributed by atoms with E-state index in [1.54, 1.807) is 7.11 Å². The Hall–Kier alpha value is -1.65. The summed E-state index contributed by atoms with van der Waals surface area (Å²) < 4.78 is 5.20. The van der Waals surface area contributed by atoms with Crippen LogP contribution in [0.2, 0.25) is 0 Å². The average molecular weight is 332 g/mol. The zero-order valence-electron chi connectivity index (χ0n) is 13.4. The largest absolute Gasteiger partial charge is 0.497 e. The second-order valence-electron chi connectivity index (χ2n) is 6.44. The molecule has 2 atom stereocenters. The summed E-state index contributed by atoms with van der Waals surface area (Å²) in [6.07, 6.45) is 3.76. The van der Waals surface area contributed by atoms with E-state index in [1.165, 1.54) is 38.0 Å². The number of aromatic nitrogens is 2. The second-order valence-corrected chi connectivity index (χ2v) is 6.44. The fraction of sp³-hybridized carbons (Fsp3) is 0.444. The van der Waals surface area contributed by atoms with E-state index in [2.05, 4.69) is 27.2 Å². The first-order valence-electron chi connectivity index (χ1n) is 8.00. The SMILES string of the molecule is COc1ccc(-c2ccc(C34CCCN(CC3)C4)nn2)cc1.Cl. The minimum absolute atomic E-state index is 0. The van der Waals surface area contributed by atoms with Crippen molar-refractivity contribution in [2.45, 2.75) is 24.7 Å². The zero-order chi connectivity index (χ0) is 15.0. The van der Waals surface area contributed by atoms with Gasteiger partial charge in [0.2, 0.25) is 0 Å². The summed E-state index contributed by atoms with van der Waals surface area (Å²) in [6.45, 7) is 3.62. The number of hydrogen-bond acceptors (Lipinski definition) is 4. The fourth-order valence-electron chi connectivity index (χ4n) is 3.86. The van der Waals surface area contributed by atoms with Gasteiger partial charge in [-0.05, 0) is 68.8 Å². The molecule has 4 nitrogen and oxygen atoms in total. The summed E-state index contributed by atoms with van der Waals surface area (Å²) >= 11 is 0. The number of nitrogens with zero attached hydrogens (tertiary/aromatic N) is 3. The highest BCUT2D eigenvalue weighted by Gasteiger charge is 2.43. The van der Waals surface area contributed by atoms with E-state index < -0.39 is 0 Å². The Bertz CT molecular complexity index is 655. The summed E-state index contributed by atoms with van der Waals surface area (Å²) in [6, 6.07) is 12.3. The molecule has 5 heteroatoms. The lowest BCUT2D eigenvalue weighted by atomic mass is 9.78. The molecule has 2 fully saturated rings. The van der Waals surface area contributed by atoms with Crippen molar-refractivity contribution < 1.29 is 4.74 Å². The van der Waals surface area contributed by atoms with Crippen molar-refractivity contribution in [3.63, 3.8) is 0 Å². The van der Waals surface area contributed by atoms with Gasteiger partial charge in [-0.1, -0.05) is 0 Å². The molecule has 4 rings (SSSR count). The van der Waals surface area contributed by atoms with Crippen LogP contribution >= 0.6 is 12.4 Å². The van der Waals surface area contributed by atoms with Crippen molar-refractivity contribution in [3.05, 3.63) is 42.1 Å². The zero-order valence-corrected chi connectivity index (χ0v) is 14.2. The third-order valence-corrected chi connectivity index (χ3v) is 5.16. The van der Waals surface area contributed by atoms with Crippen LogP contribution in [0.1, 0.15) is 25.0 Å². The molecule has 122 valence electrons. The van der Waals surface area contributed by atoms with Crippen molar-refractivity contribution in [2.24, 2.45) is 0 Å². The lowest BCUT2D eigenvalue weighted by Crippen LogP contribution is -2.37. The highest BCUT2D eigenvalue weighted by atomic mass is 35.5. The van der Waals surface area contributed by atoms with E-state index >= 15 is 0 Å². The van der Waals surface area contributed by atoms with E-state index in [1.807, 2.05) is 24.3 Å². The molecule has 0 N–H and O–H groups in total. The van der Waals surface area contributed by atoms with Crippen LogP contribution in [-0.2, 0) is 5.41 Å². The van der Waals surface area contributed by atoms with Gasteiger partial charge in [0.05, 0.1) is 18.5 Å². The maximum absolute atomic E-state index is 5.20. The van der Waals surface area contributed by atoms with Crippen LogP contribution in [0.15, 0.2) is 36.4 Å². The molecule has 1 aromatic carbocycles. The number of ether oxygens (including phenoxy) is 1. The number of benzene rings is 1. The molecule has 2 saturated heterocycles. The molecule has 0 radical (unpaired) electrons. The quantitative estimate of drug-likeness (QED) is 0.865. The van der Waals surface area contributed by atoms with E-state index in [4.69, 9.17) is 4.74 Å². The van der Waals surface area contributed by atoms with Gasteiger partial charge in [0.25, 0.3) is 0 Å².